The molecule has 1 N–H and O–H groups in total. The molecule has 0 radical (unpaired) electrons. The summed E-state index contributed by atoms with van der Waals surface area (Å²) in [6.45, 7) is 5.47. The van der Waals surface area contributed by atoms with Crippen molar-refractivity contribution in [3.8, 4) is 23.0 Å². The quantitative estimate of drug-likeness (QED) is 0.716. The van der Waals surface area contributed by atoms with Gasteiger partial charge >= 0.3 is 0 Å². The molecule has 2 aromatic rings. The van der Waals surface area contributed by atoms with E-state index in [4.69, 9.17) is 30.5 Å². The molecule has 0 atom stereocenters. The molecule has 3 rings (SSSR count). The lowest BCUT2D eigenvalue weighted by molar-refractivity contribution is 0.287. The van der Waals surface area contributed by atoms with Crippen LogP contribution >= 0.6 is 11.6 Å². The van der Waals surface area contributed by atoms with Crippen molar-refractivity contribution in [1.82, 2.24) is 0 Å². The van der Waals surface area contributed by atoms with E-state index in [9.17, 15) is 8.42 Å². The maximum absolute atomic E-state index is 12.9. The SMILES string of the molecule is CCOc1ccc(S(=O)(=O)Nc2cc3c(cc2Cl)OCCCO3)cc1OCC. The van der Waals surface area contributed by atoms with Crippen molar-refractivity contribution in [3.05, 3.63) is 35.4 Å². The Bertz CT molecular complexity index is 948. The Morgan fingerprint density at radius 2 is 1.64 bits per heavy atom. The Hall–Kier alpha value is -2.32. The summed E-state index contributed by atoms with van der Waals surface area (Å²) in [5.74, 6) is 1.78. The smallest absolute Gasteiger partial charge is 0.262 e. The largest absolute Gasteiger partial charge is 0.490 e. The van der Waals surface area contributed by atoms with Gasteiger partial charge in [0.2, 0.25) is 0 Å². The highest BCUT2D eigenvalue weighted by Gasteiger charge is 2.21. The van der Waals surface area contributed by atoms with Crippen molar-refractivity contribution in [2.75, 3.05) is 31.1 Å². The van der Waals surface area contributed by atoms with E-state index >= 15 is 0 Å². The summed E-state index contributed by atoms with van der Waals surface area (Å²) in [5.41, 5.74) is 0.206. The second kappa shape index (κ2) is 8.79. The fourth-order valence-corrected chi connectivity index (χ4v) is 4.01. The normalized spacial score (nSPS) is 13.5. The first-order valence-electron chi connectivity index (χ1n) is 8.96. The fourth-order valence-electron chi connectivity index (χ4n) is 2.66. The van der Waals surface area contributed by atoms with E-state index in [1.807, 2.05) is 13.8 Å². The number of rotatable bonds is 7. The van der Waals surface area contributed by atoms with E-state index in [-0.39, 0.29) is 15.6 Å². The minimum atomic E-state index is -3.91. The van der Waals surface area contributed by atoms with Gasteiger partial charge in [0.15, 0.2) is 23.0 Å². The van der Waals surface area contributed by atoms with E-state index < -0.39 is 10.0 Å². The Kier molecular flexibility index (Phi) is 6.41. The molecular formula is C19H22ClNO6S. The average Bonchev–Trinajstić information content (AvgIpc) is 2.88. The predicted molar refractivity (Wildman–Crippen MR) is 107 cm³/mol. The van der Waals surface area contributed by atoms with Crippen LogP contribution in [0.2, 0.25) is 5.02 Å². The van der Waals surface area contributed by atoms with Crippen molar-refractivity contribution >= 4 is 27.3 Å². The summed E-state index contributed by atoms with van der Waals surface area (Å²) >= 11 is 6.25. The molecule has 0 amide bonds. The number of ether oxygens (including phenoxy) is 4. The highest BCUT2D eigenvalue weighted by molar-refractivity contribution is 7.92. The molecule has 0 bridgehead atoms. The molecule has 0 spiro atoms. The molecule has 0 saturated carbocycles. The van der Waals surface area contributed by atoms with Crippen LogP contribution in [0.5, 0.6) is 23.0 Å². The molecule has 0 unspecified atom stereocenters. The standard InChI is InChI=1S/C19H22ClNO6S/c1-3-24-16-7-6-13(10-17(16)25-4-2)28(22,23)21-15-12-19-18(11-14(15)20)26-8-5-9-27-19/h6-7,10-12,21H,3-5,8-9H2,1-2H3. The third kappa shape index (κ3) is 4.56. The second-order valence-electron chi connectivity index (χ2n) is 5.91. The number of anilines is 1. The molecule has 28 heavy (non-hydrogen) atoms. The molecule has 1 aliphatic heterocycles. The zero-order valence-electron chi connectivity index (χ0n) is 15.7. The number of halogens is 1. The summed E-state index contributed by atoms with van der Waals surface area (Å²) in [4.78, 5) is 0.0302. The van der Waals surface area contributed by atoms with Crippen molar-refractivity contribution in [1.29, 1.82) is 0 Å². The number of fused-ring (bicyclic) bond motifs is 1. The molecule has 1 heterocycles. The van der Waals surface area contributed by atoms with Gasteiger partial charge in [0.05, 0.1) is 42.0 Å². The predicted octanol–water partition coefficient (Wildman–Crippen LogP) is 4.10. The third-order valence-electron chi connectivity index (χ3n) is 3.91. The van der Waals surface area contributed by atoms with Crippen molar-refractivity contribution < 1.29 is 27.4 Å². The maximum Gasteiger partial charge on any atom is 0.262 e. The Balaban J connectivity index is 1.91. The molecule has 2 aromatic carbocycles. The third-order valence-corrected chi connectivity index (χ3v) is 5.58. The summed E-state index contributed by atoms with van der Waals surface area (Å²) in [6.07, 6.45) is 0.736. The number of hydrogen-bond acceptors (Lipinski definition) is 6. The zero-order chi connectivity index (χ0) is 20.1. The maximum atomic E-state index is 12.9. The zero-order valence-corrected chi connectivity index (χ0v) is 17.2. The Morgan fingerprint density at radius 3 is 2.32 bits per heavy atom. The Labute approximate surface area is 169 Å². The highest BCUT2D eigenvalue weighted by Crippen LogP contribution is 2.39. The molecule has 152 valence electrons. The first kappa shape index (κ1) is 20.4. The van der Waals surface area contributed by atoms with Gasteiger partial charge in [-0.2, -0.15) is 0 Å². The van der Waals surface area contributed by atoms with Gasteiger partial charge in [-0.05, 0) is 26.0 Å². The van der Waals surface area contributed by atoms with Gasteiger partial charge in [0, 0.05) is 24.6 Å². The summed E-state index contributed by atoms with van der Waals surface area (Å²) in [5, 5.41) is 0.212. The van der Waals surface area contributed by atoms with Gasteiger partial charge in [-0.25, -0.2) is 8.42 Å². The minimum absolute atomic E-state index is 0.0302. The number of benzene rings is 2. The van der Waals surface area contributed by atoms with Crippen LogP contribution in [0.25, 0.3) is 0 Å². The average molecular weight is 428 g/mol. The molecule has 0 aromatic heterocycles. The molecule has 1 aliphatic rings. The molecule has 0 saturated heterocycles. The van der Waals surface area contributed by atoms with Gasteiger partial charge < -0.3 is 18.9 Å². The first-order chi connectivity index (χ1) is 13.4. The lowest BCUT2D eigenvalue weighted by Gasteiger charge is -2.15. The van der Waals surface area contributed by atoms with Crippen LogP contribution in [-0.2, 0) is 10.0 Å². The monoisotopic (exact) mass is 427 g/mol. The van der Waals surface area contributed by atoms with Crippen LogP contribution in [0.4, 0.5) is 5.69 Å². The molecule has 7 nitrogen and oxygen atoms in total. The van der Waals surface area contributed by atoms with Crippen LogP contribution in [0.3, 0.4) is 0 Å². The van der Waals surface area contributed by atoms with E-state index in [1.54, 1.807) is 12.1 Å². The van der Waals surface area contributed by atoms with E-state index in [1.165, 1.54) is 18.2 Å². The van der Waals surface area contributed by atoms with Crippen LogP contribution in [0, 0.1) is 0 Å². The molecular weight excluding hydrogens is 406 g/mol. The van der Waals surface area contributed by atoms with Crippen LogP contribution in [0.15, 0.2) is 35.2 Å². The van der Waals surface area contributed by atoms with Crippen molar-refractivity contribution in [3.63, 3.8) is 0 Å². The van der Waals surface area contributed by atoms with Crippen LogP contribution in [-0.4, -0.2) is 34.8 Å². The lowest BCUT2D eigenvalue weighted by Crippen LogP contribution is -2.14. The number of hydrogen-bond donors (Lipinski definition) is 1. The fraction of sp³-hybridized carbons (Fsp3) is 0.368. The van der Waals surface area contributed by atoms with Gasteiger partial charge in [-0.1, -0.05) is 11.6 Å². The summed E-state index contributed by atoms with van der Waals surface area (Å²) in [7, 11) is -3.91. The van der Waals surface area contributed by atoms with Gasteiger partial charge in [-0.15, -0.1) is 0 Å². The summed E-state index contributed by atoms with van der Waals surface area (Å²) in [6, 6.07) is 7.52. The molecule has 0 fully saturated rings. The topological polar surface area (TPSA) is 83.1 Å². The second-order valence-corrected chi connectivity index (χ2v) is 8.00. The number of nitrogens with one attached hydrogen (secondary N) is 1. The lowest BCUT2D eigenvalue weighted by atomic mass is 10.3. The van der Waals surface area contributed by atoms with Gasteiger partial charge in [0.25, 0.3) is 10.0 Å². The van der Waals surface area contributed by atoms with E-state index in [0.717, 1.165) is 6.42 Å². The van der Waals surface area contributed by atoms with Crippen LogP contribution < -0.4 is 23.7 Å². The van der Waals surface area contributed by atoms with Crippen molar-refractivity contribution in [2.45, 2.75) is 25.2 Å². The van der Waals surface area contributed by atoms with Gasteiger partial charge in [0.1, 0.15) is 0 Å². The number of sulfonamides is 1. The van der Waals surface area contributed by atoms with Crippen molar-refractivity contribution in [2.24, 2.45) is 0 Å². The molecule has 9 heteroatoms. The molecule has 0 aliphatic carbocycles. The van der Waals surface area contributed by atoms with Gasteiger partial charge in [-0.3, -0.25) is 4.72 Å². The highest BCUT2D eigenvalue weighted by atomic mass is 35.5. The Morgan fingerprint density at radius 1 is 1.00 bits per heavy atom. The van der Waals surface area contributed by atoms with E-state index in [2.05, 4.69) is 4.72 Å². The first-order valence-corrected chi connectivity index (χ1v) is 10.8. The van der Waals surface area contributed by atoms with Crippen LogP contribution in [0.1, 0.15) is 20.3 Å². The van der Waals surface area contributed by atoms with E-state index in [0.29, 0.717) is 49.4 Å². The minimum Gasteiger partial charge on any atom is -0.490 e. The summed E-state index contributed by atoms with van der Waals surface area (Å²) < 4.78 is 50.4.